The maximum Gasteiger partial charge on any atom is 0.416 e. The van der Waals surface area contributed by atoms with Gasteiger partial charge >= 0.3 is 6.18 Å². The Labute approximate surface area is 191 Å². The highest BCUT2D eigenvalue weighted by atomic mass is 35.5. The van der Waals surface area contributed by atoms with Crippen LogP contribution in [0.25, 0.3) is 22.0 Å². The number of benzene rings is 3. The summed E-state index contributed by atoms with van der Waals surface area (Å²) in [6.07, 6.45) is -4.66. The number of aryl methyl sites for hydroxylation is 1. The van der Waals surface area contributed by atoms with Crippen LogP contribution >= 0.6 is 11.6 Å². The van der Waals surface area contributed by atoms with Crippen molar-refractivity contribution in [2.45, 2.75) is 19.1 Å². The number of carbonyl (C=O) groups is 1. The van der Waals surface area contributed by atoms with Gasteiger partial charge in [0.25, 0.3) is 5.56 Å². The Morgan fingerprint density at radius 2 is 1.67 bits per heavy atom. The fourth-order valence-corrected chi connectivity index (χ4v) is 3.54. The number of aromatic nitrogens is 2. The summed E-state index contributed by atoms with van der Waals surface area (Å²) in [6.45, 7) is -0.0466. The first kappa shape index (κ1) is 22.5. The molecule has 0 spiro atoms. The number of nitrogens with one attached hydrogen (secondary N) is 1. The van der Waals surface area contributed by atoms with E-state index in [4.69, 9.17) is 11.6 Å². The number of amides is 1. The van der Waals surface area contributed by atoms with Crippen molar-refractivity contribution in [2.24, 2.45) is 0 Å². The van der Waals surface area contributed by atoms with E-state index in [1.54, 1.807) is 48.5 Å². The molecule has 4 aromatic rings. The number of rotatable bonds is 5. The van der Waals surface area contributed by atoms with E-state index < -0.39 is 17.6 Å². The van der Waals surface area contributed by atoms with Crippen LogP contribution in [0, 0.1) is 0 Å². The van der Waals surface area contributed by atoms with E-state index in [1.807, 2.05) is 0 Å². The summed E-state index contributed by atoms with van der Waals surface area (Å²) in [5.41, 5.74) is 0.101. The lowest BCUT2D eigenvalue weighted by molar-refractivity contribution is -0.137. The van der Waals surface area contributed by atoms with E-state index in [-0.39, 0.29) is 24.2 Å². The van der Waals surface area contributed by atoms with Crippen LogP contribution in [-0.4, -0.2) is 15.7 Å². The molecule has 0 aliphatic heterocycles. The Hall–Kier alpha value is -3.65. The highest BCUT2D eigenvalue weighted by molar-refractivity contribution is 6.30. The first-order valence-electron chi connectivity index (χ1n) is 9.95. The number of carbonyl (C=O) groups excluding carboxylic acids is 1. The van der Waals surface area contributed by atoms with Crippen molar-refractivity contribution in [3.63, 3.8) is 0 Å². The summed E-state index contributed by atoms with van der Waals surface area (Å²) in [5.74, 6) is -0.538. The smallest absolute Gasteiger partial charge is 0.326 e. The van der Waals surface area contributed by atoms with Gasteiger partial charge in [0.1, 0.15) is 0 Å². The molecule has 1 aromatic heterocycles. The molecule has 1 heterocycles. The molecule has 1 amide bonds. The molecule has 0 aliphatic carbocycles. The van der Waals surface area contributed by atoms with Gasteiger partial charge in [-0.15, -0.1) is 0 Å². The third-order valence-corrected chi connectivity index (χ3v) is 5.26. The zero-order valence-electron chi connectivity index (χ0n) is 17.1. The number of fused-ring (bicyclic) bond motifs is 1. The monoisotopic (exact) mass is 471 g/mol. The molecule has 0 unspecified atom stereocenters. The maximum absolute atomic E-state index is 12.9. The van der Waals surface area contributed by atoms with Crippen LogP contribution in [0.1, 0.15) is 12.0 Å². The Bertz CT molecular complexity index is 1380. The minimum Gasteiger partial charge on any atom is -0.326 e. The summed E-state index contributed by atoms with van der Waals surface area (Å²) in [5, 5.41) is 8.56. The highest BCUT2D eigenvalue weighted by Gasteiger charge is 2.30. The SMILES string of the molecule is O=C(CCn1nc(-c2ccc(Cl)cc2)c2ccccc2c1=O)Nc1cccc(C(F)(F)F)c1. The molecule has 33 heavy (non-hydrogen) atoms. The average Bonchev–Trinajstić information content (AvgIpc) is 2.79. The van der Waals surface area contributed by atoms with Crippen molar-refractivity contribution >= 4 is 34.0 Å². The van der Waals surface area contributed by atoms with Crippen LogP contribution in [0.2, 0.25) is 5.02 Å². The third kappa shape index (κ3) is 5.06. The molecule has 0 bridgehead atoms. The molecule has 0 atom stereocenters. The fourth-order valence-electron chi connectivity index (χ4n) is 3.41. The van der Waals surface area contributed by atoms with Gasteiger partial charge in [0.15, 0.2) is 0 Å². The molecule has 3 aromatic carbocycles. The van der Waals surface area contributed by atoms with Gasteiger partial charge < -0.3 is 5.32 Å². The Balaban J connectivity index is 1.59. The van der Waals surface area contributed by atoms with Gasteiger partial charge in [-0.25, -0.2) is 4.68 Å². The number of anilines is 1. The van der Waals surface area contributed by atoms with Crippen LogP contribution in [0.5, 0.6) is 0 Å². The van der Waals surface area contributed by atoms with E-state index in [1.165, 1.54) is 16.8 Å². The summed E-state index contributed by atoms with van der Waals surface area (Å²) in [4.78, 5) is 25.3. The number of halogens is 4. The van der Waals surface area contributed by atoms with Gasteiger partial charge in [-0.1, -0.05) is 48.0 Å². The number of hydrogen-bond donors (Lipinski definition) is 1. The van der Waals surface area contributed by atoms with Gasteiger partial charge in [-0.2, -0.15) is 18.3 Å². The second-order valence-electron chi connectivity index (χ2n) is 7.31. The molecule has 4 rings (SSSR count). The van der Waals surface area contributed by atoms with E-state index >= 15 is 0 Å². The summed E-state index contributed by atoms with van der Waals surface area (Å²) < 4.78 is 39.8. The zero-order valence-corrected chi connectivity index (χ0v) is 17.8. The van der Waals surface area contributed by atoms with Crippen LogP contribution in [0.3, 0.4) is 0 Å². The normalized spacial score (nSPS) is 11.5. The molecule has 0 radical (unpaired) electrons. The topological polar surface area (TPSA) is 64.0 Å². The number of alkyl halides is 3. The Morgan fingerprint density at radius 1 is 0.970 bits per heavy atom. The van der Waals surface area contributed by atoms with Crippen molar-refractivity contribution in [1.29, 1.82) is 0 Å². The standard InChI is InChI=1S/C24H17ClF3N3O2/c25-17-10-8-15(9-11-17)22-19-6-1-2-7-20(19)23(33)31(30-22)13-12-21(32)29-18-5-3-4-16(14-18)24(26,27)28/h1-11,14H,12-13H2,(H,29,32). The fraction of sp³-hybridized carbons (Fsp3) is 0.125. The zero-order chi connectivity index (χ0) is 23.6. The summed E-state index contributed by atoms with van der Waals surface area (Å²) >= 11 is 5.98. The first-order valence-corrected chi connectivity index (χ1v) is 10.3. The number of nitrogens with zero attached hydrogens (tertiary/aromatic N) is 2. The molecule has 9 heteroatoms. The van der Waals surface area contributed by atoms with E-state index in [2.05, 4.69) is 10.4 Å². The summed E-state index contributed by atoms with van der Waals surface area (Å²) in [7, 11) is 0. The van der Waals surface area contributed by atoms with Crippen LogP contribution in [0.4, 0.5) is 18.9 Å². The van der Waals surface area contributed by atoms with Gasteiger partial charge in [-0.3, -0.25) is 9.59 Å². The maximum atomic E-state index is 12.9. The predicted octanol–water partition coefficient (Wildman–Crippen LogP) is 5.76. The van der Waals surface area contributed by atoms with Gasteiger partial charge in [0.2, 0.25) is 5.91 Å². The van der Waals surface area contributed by atoms with Gasteiger partial charge in [0.05, 0.1) is 23.2 Å². The molecular weight excluding hydrogens is 455 g/mol. The quantitative estimate of drug-likeness (QED) is 0.402. The lowest BCUT2D eigenvalue weighted by Gasteiger charge is -2.12. The summed E-state index contributed by atoms with van der Waals surface area (Å²) in [6, 6.07) is 18.4. The van der Waals surface area contributed by atoms with E-state index in [9.17, 15) is 22.8 Å². The van der Waals surface area contributed by atoms with Crippen LogP contribution < -0.4 is 10.9 Å². The molecule has 0 saturated carbocycles. The largest absolute Gasteiger partial charge is 0.416 e. The Kier molecular flexibility index (Phi) is 6.20. The van der Waals surface area contributed by atoms with Crippen molar-refractivity contribution < 1.29 is 18.0 Å². The van der Waals surface area contributed by atoms with Crippen LogP contribution in [0.15, 0.2) is 77.6 Å². The minimum absolute atomic E-state index is 0.0236. The Morgan fingerprint density at radius 3 is 2.36 bits per heavy atom. The molecule has 0 saturated heterocycles. The molecule has 168 valence electrons. The first-order chi connectivity index (χ1) is 15.7. The highest BCUT2D eigenvalue weighted by Crippen LogP contribution is 2.30. The molecule has 1 N–H and O–H groups in total. The lowest BCUT2D eigenvalue weighted by Crippen LogP contribution is -2.26. The predicted molar refractivity (Wildman–Crippen MR) is 121 cm³/mol. The average molecular weight is 472 g/mol. The second kappa shape index (κ2) is 9.07. The molecule has 5 nitrogen and oxygen atoms in total. The van der Waals surface area contributed by atoms with Gasteiger partial charge in [-0.05, 0) is 36.4 Å². The third-order valence-electron chi connectivity index (χ3n) is 5.01. The molecule has 0 aliphatic rings. The minimum atomic E-state index is -4.51. The van der Waals surface area contributed by atoms with Crippen molar-refractivity contribution in [1.82, 2.24) is 9.78 Å². The second-order valence-corrected chi connectivity index (χ2v) is 7.74. The van der Waals surface area contributed by atoms with Crippen LogP contribution in [-0.2, 0) is 17.5 Å². The van der Waals surface area contributed by atoms with Crippen molar-refractivity contribution in [2.75, 3.05) is 5.32 Å². The van der Waals surface area contributed by atoms with Crippen molar-refractivity contribution in [3.05, 3.63) is 93.7 Å². The van der Waals surface area contributed by atoms with Gasteiger partial charge in [0, 0.05) is 28.1 Å². The molecule has 0 fully saturated rings. The van der Waals surface area contributed by atoms with E-state index in [0.29, 0.717) is 21.5 Å². The lowest BCUT2D eigenvalue weighted by atomic mass is 10.1. The van der Waals surface area contributed by atoms with E-state index in [0.717, 1.165) is 17.7 Å². The molecular formula is C24H17ClF3N3O2. The van der Waals surface area contributed by atoms with Crippen molar-refractivity contribution in [3.8, 4) is 11.3 Å². The number of hydrogen-bond acceptors (Lipinski definition) is 3.